The van der Waals surface area contributed by atoms with Crippen molar-refractivity contribution in [2.24, 2.45) is 5.92 Å². The second-order valence-corrected chi connectivity index (χ2v) is 6.81. The van der Waals surface area contributed by atoms with Crippen molar-refractivity contribution in [2.45, 2.75) is 84.3 Å². The minimum atomic E-state index is -0.245. The summed E-state index contributed by atoms with van der Waals surface area (Å²) in [6, 6.07) is -0.273. The molecule has 2 aliphatic heterocycles. The molecule has 2 aliphatic rings. The van der Waals surface area contributed by atoms with Crippen LogP contribution in [-0.4, -0.2) is 46.3 Å². The molecule has 0 aromatic carbocycles. The normalized spacial score (nSPS) is 29.3. The number of hydrogen-bond donors (Lipinski definition) is 0. The maximum Gasteiger partial charge on any atom is 0.246 e. The Balaban J connectivity index is 2.21. The van der Waals surface area contributed by atoms with Gasteiger partial charge in [-0.2, -0.15) is 0 Å². The van der Waals surface area contributed by atoms with Crippen molar-refractivity contribution < 1.29 is 9.59 Å². The molecule has 0 saturated carbocycles. The van der Waals surface area contributed by atoms with Gasteiger partial charge in [0.2, 0.25) is 11.8 Å². The minimum absolute atomic E-state index is 0.158. The number of piperazine rings is 1. The van der Waals surface area contributed by atoms with Gasteiger partial charge in [-0.3, -0.25) is 9.59 Å². The van der Waals surface area contributed by atoms with Crippen molar-refractivity contribution >= 4 is 11.8 Å². The van der Waals surface area contributed by atoms with Crippen molar-refractivity contribution in [3.63, 3.8) is 0 Å². The Kier molecular flexibility index (Phi) is 5.28. The van der Waals surface area contributed by atoms with E-state index in [0.717, 1.165) is 45.1 Å². The minimum Gasteiger partial charge on any atom is -0.329 e. The molecule has 0 aromatic rings. The Hall–Kier alpha value is -1.06. The van der Waals surface area contributed by atoms with Crippen LogP contribution in [0.4, 0.5) is 0 Å². The number of carbonyl (C=O) groups is 2. The third-order valence-electron chi connectivity index (χ3n) is 5.25. The van der Waals surface area contributed by atoms with Gasteiger partial charge in [-0.25, -0.2) is 0 Å². The summed E-state index contributed by atoms with van der Waals surface area (Å²) in [6.45, 7) is 9.29. The van der Waals surface area contributed by atoms with Crippen molar-refractivity contribution in [1.29, 1.82) is 0 Å². The Bertz CT molecular complexity index is 396. The number of hydrogen-bond acceptors (Lipinski definition) is 2. The van der Waals surface area contributed by atoms with Crippen LogP contribution < -0.4 is 0 Å². The van der Waals surface area contributed by atoms with E-state index in [0.29, 0.717) is 5.92 Å². The van der Waals surface area contributed by atoms with E-state index < -0.39 is 0 Å². The molecule has 2 saturated heterocycles. The molecule has 2 rings (SSSR count). The largest absolute Gasteiger partial charge is 0.329 e. The highest BCUT2D eigenvalue weighted by Crippen LogP contribution is 2.30. The Morgan fingerprint density at radius 3 is 2.48 bits per heavy atom. The highest BCUT2D eigenvalue weighted by atomic mass is 16.2. The van der Waals surface area contributed by atoms with E-state index in [9.17, 15) is 9.59 Å². The van der Waals surface area contributed by atoms with Gasteiger partial charge in [-0.05, 0) is 44.9 Å². The van der Waals surface area contributed by atoms with Crippen LogP contribution >= 0.6 is 0 Å². The lowest BCUT2D eigenvalue weighted by Gasteiger charge is -2.49. The summed E-state index contributed by atoms with van der Waals surface area (Å²) in [6.07, 6.45) is 5.76. The molecule has 0 spiro atoms. The smallest absolute Gasteiger partial charge is 0.246 e. The van der Waals surface area contributed by atoms with E-state index in [4.69, 9.17) is 0 Å². The lowest BCUT2D eigenvalue weighted by Crippen LogP contribution is -2.67. The highest BCUT2D eigenvalue weighted by molar-refractivity contribution is 5.97. The van der Waals surface area contributed by atoms with Crippen LogP contribution in [0.1, 0.15) is 66.2 Å². The highest BCUT2D eigenvalue weighted by Gasteiger charge is 2.47. The molecular formula is C17H30N2O2. The summed E-state index contributed by atoms with van der Waals surface area (Å²) in [7, 11) is 0. The molecule has 0 bridgehead atoms. The van der Waals surface area contributed by atoms with Crippen molar-refractivity contribution in [1.82, 2.24) is 9.80 Å². The average Bonchev–Trinajstić information content (AvgIpc) is 2.50. The summed E-state index contributed by atoms with van der Waals surface area (Å²) < 4.78 is 0. The summed E-state index contributed by atoms with van der Waals surface area (Å²) in [5, 5.41) is 0. The van der Waals surface area contributed by atoms with Crippen LogP contribution in [-0.2, 0) is 9.59 Å². The third-order valence-corrected chi connectivity index (χ3v) is 5.25. The van der Waals surface area contributed by atoms with Crippen LogP contribution in [0, 0.1) is 5.92 Å². The molecule has 0 N–H and O–H groups in total. The number of carbonyl (C=O) groups excluding carboxylic acids is 2. The zero-order valence-corrected chi connectivity index (χ0v) is 14.0. The molecule has 4 atom stereocenters. The molecule has 120 valence electrons. The van der Waals surface area contributed by atoms with E-state index in [1.807, 2.05) is 16.7 Å². The predicted molar refractivity (Wildman–Crippen MR) is 83.8 cm³/mol. The van der Waals surface area contributed by atoms with Gasteiger partial charge in [0.1, 0.15) is 12.1 Å². The fourth-order valence-corrected chi connectivity index (χ4v) is 3.85. The van der Waals surface area contributed by atoms with Gasteiger partial charge in [0.15, 0.2) is 0 Å². The second kappa shape index (κ2) is 6.80. The van der Waals surface area contributed by atoms with Crippen LogP contribution in [0.25, 0.3) is 0 Å². The van der Waals surface area contributed by atoms with Gasteiger partial charge in [-0.1, -0.05) is 27.2 Å². The SMILES string of the molecule is CCC(C)CC(C)N1C(=O)C2CCCCN2C(=O)C1CC. The number of nitrogens with zero attached hydrogens (tertiary/aromatic N) is 2. The van der Waals surface area contributed by atoms with Gasteiger partial charge >= 0.3 is 0 Å². The average molecular weight is 294 g/mol. The molecule has 2 heterocycles. The van der Waals surface area contributed by atoms with Crippen molar-refractivity contribution in [3.8, 4) is 0 Å². The summed E-state index contributed by atoms with van der Waals surface area (Å²) in [5.41, 5.74) is 0. The fraction of sp³-hybridized carbons (Fsp3) is 0.882. The van der Waals surface area contributed by atoms with Gasteiger partial charge in [0.05, 0.1) is 0 Å². The third kappa shape index (κ3) is 3.09. The molecule has 0 aliphatic carbocycles. The van der Waals surface area contributed by atoms with E-state index in [1.165, 1.54) is 0 Å². The van der Waals surface area contributed by atoms with E-state index >= 15 is 0 Å². The van der Waals surface area contributed by atoms with E-state index in [2.05, 4.69) is 20.8 Å². The number of rotatable bonds is 5. The van der Waals surface area contributed by atoms with E-state index in [-0.39, 0.29) is 29.9 Å². The van der Waals surface area contributed by atoms with Crippen LogP contribution in [0.15, 0.2) is 0 Å². The topological polar surface area (TPSA) is 40.6 Å². The Labute approximate surface area is 128 Å². The summed E-state index contributed by atoms with van der Waals surface area (Å²) in [5.74, 6) is 0.958. The molecular weight excluding hydrogens is 264 g/mol. The molecule has 4 unspecified atom stereocenters. The maximum atomic E-state index is 12.9. The first kappa shape index (κ1) is 16.3. The fourth-order valence-electron chi connectivity index (χ4n) is 3.85. The molecule has 2 amide bonds. The monoisotopic (exact) mass is 294 g/mol. The Morgan fingerprint density at radius 1 is 1.14 bits per heavy atom. The molecule has 4 heteroatoms. The van der Waals surface area contributed by atoms with Gasteiger partial charge in [-0.15, -0.1) is 0 Å². The Morgan fingerprint density at radius 2 is 1.86 bits per heavy atom. The first-order valence-electron chi connectivity index (χ1n) is 8.63. The predicted octanol–water partition coefficient (Wildman–Crippen LogP) is 2.81. The lowest BCUT2D eigenvalue weighted by molar-refractivity contribution is -0.166. The van der Waals surface area contributed by atoms with Crippen molar-refractivity contribution in [3.05, 3.63) is 0 Å². The molecule has 0 radical (unpaired) electrons. The van der Waals surface area contributed by atoms with Crippen LogP contribution in [0.2, 0.25) is 0 Å². The lowest BCUT2D eigenvalue weighted by atomic mass is 9.91. The van der Waals surface area contributed by atoms with E-state index in [1.54, 1.807) is 0 Å². The first-order valence-corrected chi connectivity index (χ1v) is 8.63. The standard InChI is InChI=1S/C17H30N2O2/c1-5-12(3)11-13(4)19-14(6-2)16(20)18-10-8-7-9-15(18)17(19)21/h12-15H,5-11H2,1-4H3. The quantitative estimate of drug-likeness (QED) is 0.782. The molecule has 2 fully saturated rings. The molecule has 0 aromatic heterocycles. The summed E-state index contributed by atoms with van der Waals surface area (Å²) in [4.78, 5) is 29.4. The van der Waals surface area contributed by atoms with Gasteiger partial charge in [0.25, 0.3) is 0 Å². The zero-order chi connectivity index (χ0) is 15.6. The van der Waals surface area contributed by atoms with Crippen LogP contribution in [0.5, 0.6) is 0 Å². The second-order valence-electron chi connectivity index (χ2n) is 6.81. The molecule has 21 heavy (non-hydrogen) atoms. The molecule has 4 nitrogen and oxygen atoms in total. The van der Waals surface area contributed by atoms with Crippen LogP contribution in [0.3, 0.4) is 0 Å². The maximum absolute atomic E-state index is 12.9. The number of piperidine rings is 1. The first-order chi connectivity index (χ1) is 10.0. The number of amides is 2. The number of fused-ring (bicyclic) bond motifs is 1. The van der Waals surface area contributed by atoms with Gasteiger partial charge in [0, 0.05) is 12.6 Å². The van der Waals surface area contributed by atoms with Crippen molar-refractivity contribution in [2.75, 3.05) is 6.54 Å². The summed E-state index contributed by atoms with van der Waals surface area (Å²) >= 11 is 0. The van der Waals surface area contributed by atoms with Gasteiger partial charge < -0.3 is 9.80 Å². The zero-order valence-electron chi connectivity index (χ0n) is 14.0.